The molecule has 1 aromatic carbocycles. The molecule has 0 spiro atoms. The molecule has 1 aromatic rings. The van der Waals surface area contributed by atoms with Gasteiger partial charge in [-0.15, -0.1) is 0 Å². The molecule has 80 valence electrons. The summed E-state index contributed by atoms with van der Waals surface area (Å²) < 4.78 is 12.7. The normalized spacial score (nSPS) is 26.0. The zero-order valence-electron chi connectivity index (χ0n) is 8.48. The molecule has 1 aliphatic carbocycles. The van der Waals surface area contributed by atoms with Gasteiger partial charge < -0.3 is 5.11 Å². The van der Waals surface area contributed by atoms with Crippen LogP contribution in [0.2, 0.25) is 0 Å². The summed E-state index contributed by atoms with van der Waals surface area (Å²) in [4.78, 5) is 10.7. The van der Waals surface area contributed by atoms with Crippen molar-refractivity contribution in [2.24, 2.45) is 11.8 Å². The molecule has 0 amide bonds. The third-order valence-corrected chi connectivity index (χ3v) is 3.20. The third-order valence-electron chi connectivity index (χ3n) is 3.20. The van der Waals surface area contributed by atoms with Crippen LogP contribution in [-0.4, -0.2) is 11.1 Å². The lowest BCUT2D eigenvalue weighted by Crippen LogP contribution is -2.04. The van der Waals surface area contributed by atoms with Crippen LogP contribution >= 0.6 is 0 Å². The van der Waals surface area contributed by atoms with Crippen molar-refractivity contribution >= 4 is 5.97 Å². The second kappa shape index (κ2) is 3.65. The molecular formula is C12H13FO2. The van der Waals surface area contributed by atoms with E-state index in [0.29, 0.717) is 0 Å². The topological polar surface area (TPSA) is 37.3 Å². The van der Waals surface area contributed by atoms with Crippen LogP contribution in [0.15, 0.2) is 24.3 Å². The Morgan fingerprint density at radius 2 is 2.07 bits per heavy atom. The molecule has 0 aromatic heterocycles. The van der Waals surface area contributed by atoms with Gasteiger partial charge in [-0.3, -0.25) is 4.79 Å². The molecule has 1 N–H and O–H groups in total. The van der Waals surface area contributed by atoms with E-state index in [0.717, 1.165) is 12.0 Å². The second-order valence-corrected chi connectivity index (χ2v) is 4.18. The van der Waals surface area contributed by atoms with Crippen molar-refractivity contribution < 1.29 is 14.3 Å². The van der Waals surface area contributed by atoms with Gasteiger partial charge in [-0.1, -0.05) is 19.1 Å². The highest BCUT2D eigenvalue weighted by atomic mass is 19.1. The lowest BCUT2D eigenvalue weighted by molar-refractivity contribution is -0.138. The summed E-state index contributed by atoms with van der Waals surface area (Å²) in [5.41, 5.74) is 1.02. The van der Waals surface area contributed by atoms with E-state index >= 15 is 0 Å². The minimum Gasteiger partial charge on any atom is -0.481 e. The fourth-order valence-electron chi connectivity index (χ4n) is 2.06. The van der Waals surface area contributed by atoms with Crippen molar-refractivity contribution in [3.8, 4) is 0 Å². The molecule has 3 heteroatoms. The monoisotopic (exact) mass is 208 g/mol. The quantitative estimate of drug-likeness (QED) is 0.829. The molecule has 0 radical (unpaired) electrons. The van der Waals surface area contributed by atoms with Gasteiger partial charge in [0.25, 0.3) is 0 Å². The number of rotatable bonds is 3. The van der Waals surface area contributed by atoms with Gasteiger partial charge in [0.05, 0.1) is 5.92 Å². The van der Waals surface area contributed by atoms with Gasteiger partial charge in [0, 0.05) is 0 Å². The minimum atomic E-state index is -0.714. The maximum atomic E-state index is 12.7. The van der Waals surface area contributed by atoms with E-state index in [1.54, 1.807) is 12.1 Å². The summed E-state index contributed by atoms with van der Waals surface area (Å²) in [5.74, 6) is -0.754. The van der Waals surface area contributed by atoms with Crippen molar-refractivity contribution in [2.45, 2.75) is 19.3 Å². The molecule has 0 saturated heterocycles. The predicted molar refractivity (Wildman–Crippen MR) is 54.0 cm³/mol. The molecule has 0 aliphatic heterocycles. The zero-order valence-corrected chi connectivity index (χ0v) is 8.48. The molecule has 1 saturated carbocycles. The van der Waals surface area contributed by atoms with Crippen LogP contribution in [0.25, 0.3) is 0 Å². The van der Waals surface area contributed by atoms with Crippen molar-refractivity contribution in [3.05, 3.63) is 35.6 Å². The maximum Gasteiger partial charge on any atom is 0.306 e. The van der Waals surface area contributed by atoms with Crippen LogP contribution in [-0.2, 0) is 4.79 Å². The lowest BCUT2D eigenvalue weighted by Gasteiger charge is -2.10. The Bertz CT molecular complexity index is 372. The molecule has 15 heavy (non-hydrogen) atoms. The summed E-state index contributed by atoms with van der Waals surface area (Å²) in [6.07, 6.45) is 0.744. The summed E-state index contributed by atoms with van der Waals surface area (Å²) in [5, 5.41) is 8.80. The number of hydrogen-bond acceptors (Lipinski definition) is 1. The Morgan fingerprint density at radius 3 is 2.53 bits per heavy atom. The van der Waals surface area contributed by atoms with Crippen LogP contribution in [0.1, 0.15) is 24.8 Å². The Morgan fingerprint density at radius 1 is 1.47 bits per heavy atom. The van der Waals surface area contributed by atoms with E-state index in [-0.39, 0.29) is 23.6 Å². The largest absolute Gasteiger partial charge is 0.481 e. The van der Waals surface area contributed by atoms with Gasteiger partial charge in [0.1, 0.15) is 5.82 Å². The first-order valence-electron chi connectivity index (χ1n) is 5.08. The van der Waals surface area contributed by atoms with E-state index in [2.05, 4.69) is 0 Å². The van der Waals surface area contributed by atoms with Gasteiger partial charge in [0.15, 0.2) is 0 Å². The molecule has 1 fully saturated rings. The third kappa shape index (κ3) is 2.01. The molecule has 1 aliphatic rings. The van der Waals surface area contributed by atoms with Gasteiger partial charge in [0.2, 0.25) is 0 Å². The highest BCUT2D eigenvalue weighted by Crippen LogP contribution is 2.48. The smallest absolute Gasteiger partial charge is 0.306 e. The second-order valence-electron chi connectivity index (χ2n) is 4.18. The number of halogens is 1. The van der Waals surface area contributed by atoms with E-state index in [9.17, 15) is 9.18 Å². The number of aliphatic carboxylic acids is 1. The minimum absolute atomic E-state index is 0.201. The molecule has 3 atom stereocenters. The Labute approximate surface area is 87.7 Å². The van der Waals surface area contributed by atoms with Crippen molar-refractivity contribution in [3.63, 3.8) is 0 Å². The van der Waals surface area contributed by atoms with Crippen LogP contribution < -0.4 is 0 Å². The van der Waals surface area contributed by atoms with Crippen molar-refractivity contribution in [2.75, 3.05) is 0 Å². The molecule has 2 nitrogen and oxygen atoms in total. The summed E-state index contributed by atoms with van der Waals surface area (Å²) in [6.45, 7) is 2.00. The fourth-order valence-corrected chi connectivity index (χ4v) is 2.06. The zero-order chi connectivity index (χ0) is 11.0. The number of carboxylic acids is 1. The molecule has 2 rings (SSSR count). The number of carbonyl (C=O) groups is 1. The molecule has 3 unspecified atom stereocenters. The summed E-state index contributed by atoms with van der Waals surface area (Å²) >= 11 is 0. The van der Waals surface area contributed by atoms with Crippen LogP contribution in [0.5, 0.6) is 0 Å². The summed E-state index contributed by atoms with van der Waals surface area (Å²) in [6, 6.07) is 6.31. The number of benzene rings is 1. The molecular weight excluding hydrogens is 195 g/mol. The van der Waals surface area contributed by atoms with Crippen molar-refractivity contribution in [1.29, 1.82) is 0 Å². The summed E-state index contributed by atoms with van der Waals surface area (Å²) in [7, 11) is 0. The predicted octanol–water partition coefficient (Wildman–Crippen LogP) is 2.65. The first kappa shape index (κ1) is 10.1. The van der Waals surface area contributed by atoms with Gasteiger partial charge in [-0.25, -0.2) is 4.39 Å². The van der Waals surface area contributed by atoms with Crippen LogP contribution in [0.4, 0.5) is 4.39 Å². The fraction of sp³-hybridized carbons (Fsp3) is 0.417. The average molecular weight is 208 g/mol. The van der Waals surface area contributed by atoms with E-state index in [4.69, 9.17) is 5.11 Å². The van der Waals surface area contributed by atoms with Crippen LogP contribution in [0.3, 0.4) is 0 Å². The van der Waals surface area contributed by atoms with E-state index in [1.165, 1.54) is 12.1 Å². The molecule has 0 heterocycles. The first-order chi connectivity index (χ1) is 7.09. The van der Waals surface area contributed by atoms with Gasteiger partial charge in [-0.2, -0.15) is 0 Å². The van der Waals surface area contributed by atoms with Gasteiger partial charge >= 0.3 is 5.97 Å². The molecule has 0 bridgehead atoms. The standard InChI is InChI=1S/C12H13FO2/c1-7(10-6-11(10)12(14)15)8-2-4-9(13)5-3-8/h2-5,7,10-11H,6H2,1H3,(H,14,15). The van der Waals surface area contributed by atoms with Gasteiger partial charge in [-0.05, 0) is 36.0 Å². The number of hydrogen-bond donors (Lipinski definition) is 1. The van der Waals surface area contributed by atoms with E-state index in [1.807, 2.05) is 6.92 Å². The highest BCUT2D eigenvalue weighted by molar-refractivity contribution is 5.73. The first-order valence-corrected chi connectivity index (χ1v) is 5.08. The Hall–Kier alpha value is -1.38. The lowest BCUT2D eigenvalue weighted by atomic mass is 9.95. The maximum absolute atomic E-state index is 12.7. The SMILES string of the molecule is CC(c1ccc(F)cc1)C1CC1C(=O)O. The highest BCUT2D eigenvalue weighted by Gasteiger charge is 2.46. The average Bonchev–Trinajstić information content (AvgIpc) is 2.97. The Kier molecular flexibility index (Phi) is 2.47. The Balaban J connectivity index is 2.06. The van der Waals surface area contributed by atoms with Crippen molar-refractivity contribution in [1.82, 2.24) is 0 Å². The number of carboxylic acid groups (broad SMARTS) is 1. The van der Waals surface area contributed by atoms with E-state index < -0.39 is 5.97 Å². The van der Waals surface area contributed by atoms with Crippen LogP contribution in [0, 0.1) is 17.7 Å².